The highest BCUT2D eigenvalue weighted by atomic mass is 15.3. The molecule has 7 heteroatoms. The first-order valence-corrected chi connectivity index (χ1v) is 9.36. The molecule has 3 heterocycles. The molecule has 136 valence electrons. The van der Waals surface area contributed by atoms with Gasteiger partial charge in [0.25, 0.3) is 0 Å². The normalized spacial score (nSPS) is 13.9. The van der Waals surface area contributed by atoms with Crippen molar-refractivity contribution in [3.8, 4) is 0 Å². The third kappa shape index (κ3) is 3.28. The number of hydrogen-bond acceptors (Lipinski definition) is 5. The van der Waals surface area contributed by atoms with E-state index in [-0.39, 0.29) is 0 Å². The van der Waals surface area contributed by atoms with Crippen molar-refractivity contribution in [2.75, 3.05) is 11.9 Å². The smallest absolute Gasteiger partial charge is 0.203 e. The molecule has 1 saturated carbocycles. The minimum absolute atomic E-state index is 0.556. The number of anilines is 1. The van der Waals surface area contributed by atoms with Gasteiger partial charge >= 0.3 is 0 Å². The van der Waals surface area contributed by atoms with Crippen LogP contribution >= 0.6 is 0 Å². The summed E-state index contributed by atoms with van der Waals surface area (Å²) in [5.74, 6) is 3.44. The summed E-state index contributed by atoms with van der Waals surface area (Å²) in [6, 6.07) is 10.4. The van der Waals surface area contributed by atoms with Crippen LogP contribution in [-0.2, 0) is 13.0 Å². The molecule has 0 spiro atoms. The summed E-state index contributed by atoms with van der Waals surface area (Å²) in [5.41, 5.74) is 2.07. The fourth-order valence-corrected chi connectivity index (χ4v) is 3.37. The van der Waals surface area contributed by atoms with Gasteiger partial charge in [-0.2, -0.15) is 0 Å². The van der Waals surface area contributed by atoms with Gasteiger partial charge in [-0.25, -0.2) is 9.97 Å². The molecule has 0 saturated heterocycles. The number of rotatable bonds is 7. The quantitative estimate of drug-likeness (QED) is 0.549. The standard InChI is InChI=1S/C20H21N7/c1-2-4-15(5-3-1)14-26-12-10-21-17(26)8-9-22-18-20-25-24-19(16-6-7-16)27(20)13-11-23-18/h1-5,10-13,16H,6-9,14H2,(H,22,23). The summed E-state index contributed by atoms with van der Waals surface area (Å²) in [7, 11) is 0. The largest absolute Gasteiger partial charge is 0.366 e. The highest BCUT2D eigenvalue weighted by Crippen LogP contribution is 2.39. The maximum atomic E-state index is 4.51. The second-order valence-electron chi connectivity index (χ2n) is 6.94. The number of nitrogens with zero attached hydrogens (tertiary/aromatic N) is 6. The molecule has 4 aromatic rings. The van der Waals surface area contributed by atoms with Crippen LogP contribution in [0.1, 0.15) is 36.0 Å². The highest BCUT2D eigenvalue weighted by Gasteiger charge is 2.29. The Bertz CT molecular complexity index is 1050. The number of benzene rings is 1. The molecule has 0 amide bonds. The van der Waals surface area contributed by atoms with Crippen LogP contribution in [0, 0.1) is 0 Å². The van der Waals surface area contributed by atoms with Crippen molar-refractivity contribution < 1.29 is 0 Å². The maximum absolute atomic E-state index is 4.51. The lowest BCUT2D eigenvalue weighted by Gasteiger charge is -2.09. The number of hydrogen-bond donors (Lipinski definition) is 1. The van der Waals surface area contributed by atoms with Gasteiger partial charge in [0.15, 0.2) is 5.82 Å². The van der Waals surface area contributed by atoms with Gasteiger partial charge < -0.3 is 9.88 Å². The van der Waals surface area contributed by atoms with Crippen LogP contribution in [0.25, 0.3) is 5.65 Å². The van der Waals surface area contributed by atoms with E-state index in [9.17, 15) is 0 Å². The summed E-state index contributed by atoms with van der Waals surface area (Å²) in [6.07, 6.45) is 10.9. The van der Waals surface area contributed by atoms with Crippen molar-refractivity contribution in [2.45, 2.75) is 31.7 Å². The third-order valence-corrected chi connectivity index (χ3v) is 4.93. The summed E-state index contributed by atoms with van der Waals surface area (Å²) in [4.78, 5) is 8.96. The lowest BCUT2D eigenvalue weighted by Crippen LogP contribution is -2.12. The van der Waals surface area contributed by atoms with Crippen molar-refractivity contribution in [2.24, 2.45) is 0 Å². The van der Waals surface area contributed by atoms with E-state index in [4.69, 9.17) is 0 Å². The van der Waals surface area contributed by atoms with E-state index in [1.165, 1.54) is 18.4 Å². The van der Waals surface area contributed by atoms with E-state index in [0.717, 1.165) is 42.6 Å². The average Bonchev–Trinajstić information content (AvgIpc) is 3.30. The summed E-state index contributed by atoms with van der Waals surface area (Å²) in [5, 5.41) is 12.1. The topological polar surface area (TPSA) is 72.9 Å². The van der Waals surface area contributed by atoms with Crippen molar-refractivity contribution in [1.82, 2.24) is 29.1 Å². The molecule has 1 aliphatic rings. The molecule has 3 aromatic heterocycles. The minimum atomic E-state index is 0.556. The Hall–Kier alpha value is -3.22. The van der Waals surface area contributed by atoms with E-state index in [2.05, 4.69) is 58.7 Å². The Morgan fingerprint density at radius 3 is 2.70 bits per heavy atom. The Labute approximate surface area is 157 Å². The first-order valence-electron chi connectivity index (χ1n) is 9.36. The molecular weight excluding hydrogens is 338 g/mol. The summed E-state index contributed by atoms with van der Waals surface area (Å²) >= 11 is 0. The molecule has 0 radical (unpaired) electrons. The third-order valence-electron chi connectivity index (χ3n) is 4.93. The summed E-state index contributed by atoms with van der Waals surface area (Å²) in [6.45, 7) is 1.57. The van der Waals surface area contributed by atoms with Crippen molar-refractivity contribution in [1.29, 1.82) is 0 Å². The van der Waals surface area contributed by atoms with E-state index < -0.39 is 0 Å². The molecule has 0 unspecified atom stereocenters. The Morgan fingerprint density at radius 2 is 1.85 bits per heavy atom. The van der Waals surface area contributed by atoms with Gasteiger partial charge in [0.05, 0.1) is 0 Å². The lowest BCUT2D eigenvalue weighted by atomic mass is 10.2. The van der Waals surface area contributed by atoms with E-state index in [1.807, 2.05) is 24.7 Å². The van der Waals surface area contributed by atoms with Crippen LogP contribution in [-0.4, -0.2) is 35.7 Å². The molecule has 1 N–H and O–H groups in total. The van der Waals surface area contributed by atoms with Crippen LogP contribution < -0.4 is 5.32 Å². The zero-order valence-corrected chi connectivity index (χ0v) is 15.0. The molecule has 1 aromatic carbocycles. The van der Waals surface area contributed by atoms with Crippen molar-refractivity contribution >= 4 is 11.5 Å². The molecule has 0 atom stereocenters. The number of nitrogens with one attached hydrogen (secondary N) is 1. The van der Waals surface area contributed by atoms with Crippen LogP contribution in [0.5, 0.6) is 0 Å². The molecule has 27 heavy (non-hydrogen) atoms. The van der Waals surface area contributed by atoms with Gasteiger partial charge in [-0.1, -0.05) is 30.3 Å². The van der Waals surface area contributed by atoms with Gasteiger partial charge in [-0.05, 0) is 18.4 Å². The Morgan fingerprint density at radius 1 is 1.00 bits per heavy atom. The van der Waals surface area contributed by atoms with Gasteiger partial charge in [0, 0.05) is 50.2 Å². The van der Waals surface area contributed by atoms with Crippen molar-refractivity contribution in [3.05, 3.63) is 72.3 Å². The lowest BCUT2D eigenvalue weighted by molar-refractivity contribution is 0.722. The zero-order chi connectivity index (χ0) is 18.1. The van der Waals surface area contributed by atoms with Gasteiger partial charge in [-0.3, -0.25) is 4.40 Å². The monoisotopic (exact) mass is 359 g/mol. The van der Waals surface area contributed by atoms with Crippen LogP contribution in [0.4, 0.5) is 5.82 Å². The predicted molar refractivity (Wildman–Crippen MR) is 103 cm³/mol. The second-order valence-corrected chi connectivity index (χ2v) is 6.94. The SMILES string of the molecule is c1ccc(Cn2ccnc2CCNc2nccn3c(C4CC4)nnc23)cc1. The number of fused-ring (bicyclic) bond motifs is 1. The van der Waals surface area contributed by atoms with Crippen LogP contribution in [0.2, 0.25) is 0 Å². The van der Waals surface area contributed by atoms with Gasteiger partial charge in [-0.15, -0.1) is 10.2 Å². The minimum Gasteiger partial charge on any atom is -0.366 e. The molecule has 0 aliphatic heterocycles. The first kappa shape index (κ1) is 16.0. The number of aromatic nitrogens is 6. The van der Waals surface area contributed by atoms with Crippen molar-refractivity contribution in [3.63, 3.8) is 0 Å². The van der Waals surface area contributed by atoms with E-state index in [0.29, 0.717) is 5.92 Å². The fourth-order valence-electron chi connectivity index (χ4n) is 3.37. The Balaban J connectivity index is 1.27. The molecule has 1 fully saturated rings. The zero-order valence-electron chi connectivity index (χ0n) is 15.0. The molecule has 7 nitrogen and oxygen atoms in total. The average molecular weight is 359 g/mol. The van der Waals surface area contributed by atoms with E-state index in [1.54, 1.807) is 6.20 Å². The predicted octanol–water partition coefficient (Wildman–Crippen LogP) is 2.90. The van der Waals surface area contributed by atoms with E-state index >= 15 is 0 Å². The molecule has 1 aliphatic carbocycles. The molecular formula is C20H21N7. The van der Waals surface area contributed by atoms with Crippen LogP contribution in [0.3, 0.4) is 0 Å². The van der Waals surface area contributed by atoms with Gasteiger partial charge in [0.1, 0.15) is 11.6 Å². The van der Waals surface area contributed by atoms with Crippen LogP contribution in [0.15, 0.2) is 55.1 Å². The van der Waals surface area contributed by atoms with Gasteiger partial charge in [0.2, 0.25) is 5.65 Å². The molecule has 5 rings (SSSR count). The fraction of sp³-hybridized carbons (Fsp3) is 0.300. The first-order chi connectivity index (χ1) is 13.4. The summed E-state index contributed by atoms with van der Waals surface area (Å²) < 4.78 is 4.25. The molecule has 0 bridgehead atoms. The maximum Gasteiger partial charge on any atom is 0.203 e. The number of imidazole rings is 1. The highest BCUT2D eigenvalue weighted by molar-refractivity contribution is 5.62. The Kier molecular flexibility index (Phi) is 4.04. The second kappa shape index (κ2) is 6.83.